The number of thiophene rings is 1. The summed E-state index contributed by atoms with van der Waals surface area (Å²) in [6.45, 7) is 0.778. The normalized spacial score (nSPS) is 15.4. The van der Waals surface area contributed by atoms with Crippen molar-refractivity contribution in [3.8, 4) is 16.3 Å². The van der Waals surface area contributed by atoms with E-state index in [-0.39, 0.29) is 10.8 Å². The first-order valence-electron chi connectivity index (χ1n) is 9.25. The maximum Gasteiger partial charge on any atom is 0.274 e. The van der Waals surface area contributed by atoms with Crippen molar-refractivity contribution < 1.29 is 17.9 Å². The molecule has 3 heterocycles. The van der Waals surface area contributed by atoms with Gasteiger partial charge < -0.3 is 9.64 Å². The maximum atomic E-state index is 12.9. The molecule has 0 aliphatic carbocycles. The zero-order valence-electron chi connectivity index (χ0n) is 15.9. The zero-order chi connectivity index (χ0) is 20.4. The Kier molecular flexibility index (Phi) is 5.42. The molecule has 0 atom stereocenters. The van der Waals surface area contributed by atoms with E-state index in [1.807, 2.05) is 17.5 Å². The van der Waals surface area contributed by atoms with E-state index in [4.69, 9.17) is 4.74 Å². The first kappa shape index (κ1) is 19.7. The number of carbonyl (C=O) groups is 1. The van der Waals surface area contributed by atoms with Crippen LogP contribution >= 0.6 is 11.3 Å². The number of piperidine rings is 1. The first-order valence-corrected chi connectivity index (χ1v) is 11.7. The smallest absolute Gasteiger partial charge is 0.274 e. The molecule has 1 aliphatic heterocycles. The SMILES string of the molecule is COc1ccc(S(=O)(=O)C2CCN(C(=O)c3cc(-c4cccs4)[nH]n3)CC2)cc1. The number of hydrogen-bond acceptors (Lipinski definition) is 6. The lowest BCUT2D eigenvalue weighted by molar-refractivity contribution is 0.0719. The minimum absolute atomic E-state index is 0.177. The van der Waals surface area contributed by atoms with Gasteiger partial charge in [0.25, 0.3) is 5.91 Å². The minimum atomic E-state index is -3.44. The van der Waals surface area contributed by atoms with Crippen molar-refractivity contribution in [3.63, 3.8) is 0 Å². The van der Waals surface area contributed by atoms with Crippen LogP contribution in [0.25, 0.3) is 10.6 Å². The summed E-state index contributed by atoms with van der Waals surface area (Å²) in [4.78, 5) is 15.7. The molecule has 9 heteroatoms. The highest BCUT2D eigenvalue weighted by atomic mass is 32.2. The predicted molar refractivity (Wildman–Crippen MR) is 111 cm³/mol. The molecule has 3 aromatic rings. The Morgan fingerprint density at radius 3 is 2.55 bits per heavy atom. The Hall–Kier alpha value is -2.65. The van der Waals surface area contributed by atoms with Crippen molar-refractivity contribution in [2.45, 2.75) is 23.0 Å². The van der Waals surface area contributed by atoms with Crippen molar-refractivity contribution in [2.24, 2.45) is 0 Å². The lowest BCUT2D eigenvalue weighted by Gasteiger charge is -2.31. The van der Waals surface area contributed by atoms with Gasteiger partial charge in [-0.3, -0.25) is 9.89 Å². The van der Waals surface area contributed by atoms with Crippen LogP contribution in [-0.2, 0) is 9.84 Å². The highest BCUT2D eigenvalue weighted by Crippen LogP contribution is 2.27. The van der Waals surface area contributed by atoms with Crippen LogP contribution in [0.1, 0.15) is 23.3 Å². The summed E-state index contributed by atoms with van der Waals surface area (Å²) in [6.07, 6.45) is 0.810. The average molecular weight is 432 g/mol. The molecule has 1 aliphatic rings. The van der Waals surface area contributed by atoms with E-state index >= 15 is 0 Å². The summed E-state index contributed by atoms with van der Waals surface area (Å²) in [6, 6.07) is 12.1. The summed E-state index contributed by atoms with van der Waals surface area (Å²) in [5.74, 6) is 0.439. The Balaban J connectivity index is 1.41. The van der Waals surface area contributed by atoms with E-state index in [0.717, 1.165) is 10.6 Å². The van der Waals surface area contributed by atoms with Gasteiger partial charge in [-0.25, -0.2) is 8.42 Å². The molecular formula is C20H21N3O4S2. The molecule has 29 heavy (non-hydrogen) atoms. The number of methoxy groups -OCH3 is 1. The molecule has 0 radical (unpaired) electrons. The molecular weight excluding hydrogens is 410 g/mol. The number of aromatic amines is 1. The van der Waals surface area contributed by atoms with Gasteiger partial charge in [0.15, 0.2) is 15.5 Å². The highest BCUT2D eigenvalue weighted by Gasteiger charge is 2.33. The Labute approximate surface area is 173 Å². The van der Waals surface area contributed by atoms with Crippen LogP contribution in [0.15, 0.2) is 52.7 Å². The third-order valence-corrected chi connectivity index (χ3v) is 8.32. The molecule has 1 N–H and O–H groups in total. The summed E-state index contributed by atoms with van der Waals surface area (Å²) < 4.78 is 30.9. The number of H-pyrrole nitrogens is 1. The summed E-state index contributed by atoms with van der Waals surface area (Å²) in [5, 5.41) is 8.50. The fourth-order valence-corrected chi connectivity index (χ4v) is 5.90. The van der Waals surface area contributed by atoms with E-state index in [9.17, 15) is 13.2 Å². The number of ether oxygens (including phenoxy) is 1. The van der Waals surface area contributed by atoms with Crippen molar-refractivity contribution in [2.75, 3.05) is 20.2 Å². The highest BCUT2D eigenvalue weighted by molar-refractivity contribution is 7.92. The molecule has 4 rings (SSSR count). The number of rotatable bonds is 5. The van der Waals surface area contributed by atoms with Crippen LogP contribution in [0, 0.1) is 0 Å². The molecule has 2 aromatic heterocycles. The van der Waals surface area contributed by atoms with Crippen LogP contribution in [-0.4, -0.2) is 54.9 Å². The van der Waals surface area contributed by atoms with Crippen molar-refractivity contribution in [3.05, 3.63) is 53.5 Å². The van der Waals surface area contributed by atoms with E-state index in [0.29, 0.717) is 37.4 Å². The van der Waals surface area contributed by atoms with Crippen LogP contribution in [0.2, 0.25) is 0 Å². The summed E-state index contributed by atoms with van der Waals surface area (Å²) in [5.41, 5.74) is 1.16. The minimum Gasteiger partial charge on any atom is -0.497 e. The quantitative estimate of drug-likeness (QED) is 0.670. The van der Waals surface area contributed by atoms with Gasteiger partial charge in [-0.05, 0) is 54.6 Å². The largest absolute Gasteiger partial charge is 0.497 e. The predicted octanol–water partition coefficient (Wildman–Crippen LogP) is 3.23. The van der Waals surface area contributed by atoms with Crippen LogP contribution in [0.3, 0.4) is 0 Å². The zero-order valence-corrected chi connectivity index (χ0v) is 17.5. The van der Waals surface area contributed by atoms with Gasteiger partial charge in [0.2, 0.25) is 0 Å². The molecule has 1 aromatic carbocycles. The van der Waals surface area contributed by atoms with Gasteiger partial charge >= 0.3 is 0 Å². The Bertz CT molecular complexity index is 1080. The summed E-state index contributed by atoms with van der Waals surface area (Å²) >= 11 is 1.57. The number of sulfone groups is 1. The van der Waals surface area contributed by atoms with Gasteiger partial charge in [-0.2, -0.15) is 5.10 Å². The first-order chi connectivity index (χ1) is 14.0. The lowest BCUT2D eigenvalue weighted by atomic mass is 10.1. The Morgan fingerprint density at radius 2 is 1.93 bits per heavy atom. The molecule has 152 valence electrons. The third kappa shape index (κ3) is 3.92. The monoisotopic (exact) mass is 431 g/mol. The number of nitrogens with zero attached hydrogens (tertiary/aromatic N) is 2. The number of nitrogens with one attached hydrogen (secondary N) is 1. The van der Waals surface area contributed by atoms with Gasteiger partial charge in [-0.1, -0.05) is 6.07 Å². The van der Waals surface area contributed by atoms with E-state index in [1.165, 1.54) is 0 Å². The Morgan fingerprint density at radius 1 is 1.21 bits per heavy atom. The van der Waals surface area contributed by atoms with Crippen molar-refractivity contribution >= 4 is 27.1 Å². The van der Waals surface area contributed by atoms with Crippen LogP contribution in [0.4, 0.5) is 0 Å². The van der Waals surface area contributed by atoms with E-state index < -0.39 is 15.1 Å². The number of benzene rings is 1. The number of amides is 1. The van der Waals surface area contributed by atoms with Gasteiger partial charge in [0.05, 0.1) is 27.8 Å². The fraction of sp³-hybridized carbons (Fsp3) is 0.300. The number of aromatic nitrogens is 2. The molecule has 0 bridgehead atoms. The molecule has 1 amide bonds. The molecule has 1 fully saturated rings. The van der Waals surface area contributed by atoms with Crippen molar-refractivity contribution in [1.29, 1.82) is 0 Å². The van der Waals surface area contributed by atoms with E-state index in [1.54, 1.807) is 53.7 Å². The van der Waals surface area contributed by atoms with Crippen LogP contribution in [0.5, 0.6) is 5.75 Å². The van der Waals surface area contributed by atoms with Gasteiger partial charge in [0, 0.05) is 13.1 Å². The van der Waals surface area contributed by atoms with Gasteiger partial charge in [0.1, 0.15) is 5.75 Å². The number of likely N-dealkylation sites (tertiary alicyclic amines) is 1. The fourth-order valence-electron chi connectivity index (χ4n) is 3.48. The van der Waals surface area contributed by atoms with Crippen LogP contribution < -0.4 is 4.74 Å². The molecule has 0 spiro atoms. The second-order valence-corrected chi connectivity index (χ2v) is 10.0. The van der Waals surface area contributed by atoms with Gasteiger partial charge in [-0.15, -0.1) is 11.3 Å². The molecule has 0 unspecified atom stereocenters. The maximum absolute atomic E-state index is 12.9. The molecule has 0 saturated carbocycles. The third-order valence-electron chi connectivity index (χ3n) is 5.14. The second-order valence-electron chi connectivity index (χ2n) is 6.86. The van der Waals surface area contributed by atoms with E-state index in [2.05, 4.69) is 10.2 Å². The summed E-state index contributed by atoms with van der Waals surface area (Å²) in [7, 11) is -1.90. The standard InChI is InChI=1S/C20H21N3O4S2/c1-27-14-4-6-15(7-5-14)29(25,26)16-8-10-23(11-9-16)20(24)18-13-17(21-22-18)19-3-2-12-28-19/h2-7,12-13,16H,8-11H2,1H3,(H,21,22). The second kappa shape index (κ2) is 8.00. The topological polar surface area (TPSA) is 92.4 Å². The average Bonchev–Trinajstić information content (AvgIpc) is 3.45. The molecule has 7 nitrogen and oxygen atoms in total. The van der Waals surface area contributed by atoms with Crippen molar-refractivity contribution in [1.82, 2.24) is 15.1 Å². The number of carbonyl (C=O) groups excluding carboxylic acids is 1. The lowest BCUT2D eigenvalue weighted by Crippen LogP contribution is -2.42. The molecule has 1 saturated heterocycles. The number of hydrogen-bond donors (Lipinski definition) is 1.